The molecule has 2 heterocycles. The van der Waals surface area contributed by atoms with E-state index < -0.39 is 0 Å². The molecular formula is C21H21N3O3S. The first-order chi connectivity index (χ1) is 13.7. The van der Waals surface area contributed by atoms with Gasteiger partial charge in [0, 0.05) is 16.8 Å². The summed E-state index contributed by atoms with van der Waals surface area (Å²) in [6, 6.07) is 15.9. The fourth-order valence-corrected chi connectivity index (χ4v) is 4.50. The number of carbonyl (C=O) groups is 1. The highest BCUT2D eigenvalue weighted by atomic mass is 32.2. The van der Waals surface area contributed by atoms with Crippen molar-refractivity contribution in [2.24, 2.45) is 0 Å². The molecule has 2 N–H and O–H groups in total. The number of anilines is 1. The van der Waals surface area contributed by atoms with Crippen molar-refractivity contribution in [1.29, 1.82) is 0 Å². The predicted octanol–water partition coefficient (Wildman–Crippen LogP) is 4.08. The number of para-hydroxylation sites is 1. The lowest BCUT2D eigenvalue weighted by molar-refractivity contribution is -0.113. The minimum atomic E-state index is -0.103. The van der Waals surface area contributed by atoms with E-state index in [1.165, 1.54) is 0 Å². The number of nitrogens with zero attached hydrogens (tertiary/aromatic N) is 1. The number of H-pyrrole nitrogens is 1. The molecule has 0 bridgehead atoms. The van der Waals surface area contributed by atoms with Gasteiger partial charge in [0.05, 0.1) is 18.1 Å². The number of fused-ring (bicyclic) bond motifs is 1. The van der Waals surface area contributed by atoms with Crippen LogP contribution in [0.4, 0.5) is 5.82 Å². The van der Waals surface area contributed by atoms with Crippen LogP contribution < -0.4 is 14.8 Å². The van der Waals surface area contributed by atoms with Crippen LogP contribution in [-0.4, -0.2) is 29.0 Å². The van der Waals surface area contributed by atoms with Crippen LogP contribution in [0.25, 0.3) is 0 Å². The maximum absolute atomic E-state index is 12.1. The molecule has 6 nitrogen and oxygen atoms in total. The molecule has 0 aliphatic carbocycles. The summed E-state index contributed by atoms with van der Waals surface area (Å²) < 4.78 is 11.8. The fraction of sp³-hybridized carbons (Fsp3) is 0.238. The molecule has 3 aromatic rings. The third-order valence-electron chi connectivity index (χ3n) is 4.63. The molecule has 1 aliphatic heterocycles. The molecule has 0 saturated heterocycles. The summed E-state index contributed by atoms with van der Waals surface area (Å²) >= 11 is 1.55. The number of thioether (sulfide) groups is 1. The number of carbonyl (C=O) groups excluding carboxylic acids is 1. The number of aromatic amines is 1. The van der Waals surface area contributed by atoms with Gasteiger partial charge in [0.2, 0.25) is 5.91 Å². The van der Waals surface area contributed by atoms with E-state index in [9.17, 15) is 4.79 Å². The Morgan fingerprint density at radius 2 is 2.00 bits per heavy atom. The van der Waals surface area contributed by atoms with Crippen LogP contribution in [0.3, 0.4) is 0 Å². The number of amides is 1. The van der Waals surface area contributed by atoms with Crippen LogP contribution >= 0.6 is 11.8 Å². The minimum absolute atomic E-state index is 0.0603. The molecule has 1 amide bonds. The van der Waals surface area contributed by atoms with Crippen molar-refractivity contribution in [3.63, 3.8) is 0 Å². The Labute approximate surface area is 167 Å². The molecule has 0 spiro atoms. The van der Waals surface area contributed by atoms with Gasteiger partial charge in [0.25, 0.3) is 0 Å². The van der Waals surface area contributed by atoms with E-state index in [-0.39, 0.29) is 11.2 Å². The second-order valence-electron chi connectivity index (χ2n) is 6.50. The number of hydrogen-bond donors (Lipinski definition) is 2. The van der Waals surface area contributed by atoms with Crippen molar-refractivity contribution >= 4 is 23.5 Å². The molecule has 0 fully saturated rings. The van der Waals surface area contributed by atoms with Crippen molar-refractivity contribution < 1.29 is 14.3 Å². The highest BCUT2D eigenvalue weighted by Crippen LogP contribution is 2.47. The number of aromatic nitrogens is 2. The van der Waals surface area contributed by atoms with Gasteiger partial charge in [0.15, 0.2) is 17.3 Å². The Kier molecular flexibility index (Phi) is 5.25. The lowest BCUT2D eigenvalue weighted by Crippen LogP contribution is -2.12. The molecule has 1 aromatic heterocycles. The summed E-state index contributed by atoms with van der Waals surface area (Å²) in [5, 5.41) is 10.0. The standard InChI is InChI=1S/C21H21N3O3S/c1-13-18-20(28-12-17(25)22-21(18)24-23-13)15-9-6-10-16(26-2)19(15)27-11-14-7-4-3-5-8-14/h3-10,20H,11-12H2,1-2H3,(H2,22,23,24,25)/t20-/m0/s1. The van der Waals surface area contributed by atoms with Gasteiger partial charge in [-0.1, -0.05) is 42.5 Å². The summed E-state index contributed by atoms with van der Waals surface area (Å²) in [6.45, 7) is 2.39. The highest BCUT2D eigenvalue weighted by molar-refractivity contribution is 8.00. The molecular weight excluding hydrogens is 374 g/mol. The second kappa shape index (κ2) is 7.98. The highest BCUT2D eigenvalue weighted by Gasteiger charge is 2.31. The molecule has 144 valence electrons. The minimum Gasteiger partial charge on any atom is -0.493 e. The van der Waals surface area contributed by atoms with Crippen molar-refractivity contribution in [3.8, 4) is 11.5 Å². The second-order valence-corrected chi connectivity index (χ2v) is 7.60. The van der Waals surface area contributed by atoms with Gasteiger partial charge in [-0.2, -0.15) is 5.10 Å². The molecule has 0 unspecified atom stereocenters. The lowest BCUT2D eigenvalue weighted by atomic mass is 10.0. The Balaban J connectivity index is 1.75. The van der Waals surface area contributed by atoms with Crippen LogP contribution in [-0.2, 0) is 11.4 Å². The summed E-state index contributed by atoms with van der Waals surface area (Å²) in [7, 11) is 1.63. The smallest absolute Gasteiger partial charge is 0.235 e. The zero-order valence-corrected chi connectivity index (χ0v) is 16.5. The van der Waals surface area contributed by atoms with E-state index in [0.29, 0.717) is 29.7 Å². The summed E-state index contributed by atoms with van der Waals surface area (Å²) in [4.78, 5) is 12.1. The number of aryl methyl sites for hydroxylation is 1. The summed E-state index contributed by atoms with van der Waals surface area (Å²) in [5.41, 5.74) is 3.92. The van der Waals surface area contributed by atoms with E-state index in [4.69, 9.17) is 9.47 Å². The average molecular weight is 395 g/mol. The van der Waals surface area contributed by atoms with E-state index in [2.05, 4.69) is 15.5 Å². The molecule has 4 rings (SSSR count). The van der Waals surface area contributed by atoms with Crippen molar-refractivity contribution in [2.45, 2.75) is 18.8 Å². The number of benzene rings is 2. The van der Waals surface area contributed by atoms with Crippen LogP contribution in [0.5, 0.6) is 11.5 Å². The van der Waals surface area contributed by atoms with Crippen molar-refractivity contribution in [3.05, 3.63) is 70.9 Å². The molecule has 0 radical (unpaired) electrons. The zero-order valence-electron chi connectivity index (χ0n) is 15.7. The summed E-state index contributed by atoms with van der Waals surface area (Å²) in [6.07, 6.45) is 0. The molecule has 1 atom stereocenters. The first-order valence-electron chi connectivity index (χ1n) is 8.97. The first-order valence-corrected chi connectivity index (χ1v) is 10.0. The zero-order chi connectivity index (χ0) is 19.5. The van der Waals surface area contributed by atoms with E-state index in [1.807, 2.05) is 55.5 Å². The summed E-state index contributed by atoms with van der Waals surface area (Å²) in [5.74, 6) is 2.22. The first kappa shape index (κ1) is 18.4. The molecule has 2 aromatic carbocycles. The maximum atomic E-state index is 12.1. The Bertz CT molecular complexity index is 988. The largest absolute Gasteiger partial charge is 0.493 e. The molecule has 7 heteroatoms. The molecule has 1 aliphatic rings. The van der Waals surface area contributed by atoms with Gasteiger partial charge in [-0.05, 0) is 18.6 Å². The van der Waals surface area contributed by atoms with Crippen LogP contribution in [0, 0.1) is 6.92 Å². The average Bonchev–Trinajstić information content (AvgIpc) is 2.98. The van der Waals surface area contributed by atoms with Crippen LogP contribution in [0.1, 0.15) is 27.6 Å². The van der Waals surface area contributed by atoms with Crippen LogP contribution in [0.2, 0.25) is 0 Å². The quantitative estimate of drug-likeness (QED) is 0.681. The van der Waals surface area contributed by atoms with E-state index >= 15 is 0 Å². The van der Waals surface area contributed by atoms with Crippen molar-refractivity contribution in [2.75, 3.05) is 18.2 Å². The normalized spacial score (nSPS) is 16.1. The van der Waals surface area contributed by atoms with E-state index in [1.54, 1.807) is 18.9 Å². The Morgan fingerprint density at radius 1 is 1.18 bits per heavy atom. The van der Waals surface area contributed by atoms with Gasteiger partial charge >= 0.3 is 0 Å². The Hall–Kier alpha value is -2.93. The van der Waals surface area contributed by atoms with Gasteiger partial charge < -0.3 is 14.8 Å². The van der Waals surface area contributed by atoms with Gasteiger partial charge in [-0.3, -0.25) is 9.89 Å². The lowest BCUT2D eigenvalue weighted by Gasteiger charge is -2.21. The number of methoxy groups -OCH3 is 1. The third kappa shape index (κ3) is 3.57. The predicted molar refractivity (Wildman–Crippen MR) is 110 cm³/mol. The number of hydrogen-bond acceptors (Lipinski definition) is 5. The number of rotatable bonds is 5. The van der Waals surface area contributed by atoms with E-state index in [0.717, 1.165) is 22.4 Å². The Morgan fingerprint density at radius 3 is 2.79 bits per heavy atom. The third-order valence-corrected chi connectivity index (χ3v) is 5.89. The van der Waals surface area contributed by atoms with Gasteiger partial charge in [-0.15, -0.1) is 11.8 Å². The van der Waals surface area contributed by atoms with Gasteiger partial charge in [0.1, 0.15) is 6.61 Å². The number of nitrogens with one attached hydrogen (secondary N) is 2. The van der Waals surface area contributed by atoms with Crippen LogP contribution in [0.15, 0.2) is 48.5 Å². The maximum Gasteiger partial charge on any atom is 0.235 e. The number of ether oxygens (including phenoxy) is 2. The van der Waals surface area contributed by atoms with Crippen molar-refractivity contribution in [1.82, 2.24) is 10.2 Å². The topological polar surface area (TPSA) is 76.2 Å². The fourth-order valence-electron chi connectivity index (χ4n) is 3.29. The van der Waals surface area contributed by atoms with Gasteiger partial charge in [-0.25, -0.2) is 0 Å². The molecule has 0 saturated carbocycles. The SMILES string of the molecule is COc1cccc([C@@H]2SCC(=O)Nc3n[nH]c(C)c32)c1OCc1ccccc1. The monoisotopic (exact) mass is 395 g/mol. The molecule has 28 heavy (non-hydrogen) atoms.